The van der Waals surface area contributed by atoms with Crippen LogP contribution >= 0.6 is 11.6 Å². The van der Waals surface area contributed by atoms with Gasteiger partial charge in [-0.15, -0.1) is 11.6 Å². The van der Waals surface area contributed by atoms with Gasteiger partial charge >= 0.3 is 0 Å². The summed E-state index contributed by atoms with van der Waals surface area (Å²) in [6.07, 6.45) is 0.989. The first-order chi connectivity index (χ1) is 8.65. The molecular formula is C16H19ClO. The van der Waals surface area contributed by atoms with Gasteiger partial charge in [-0.1, -0.05) is 38.1 Å². The smallest absolute Gasteiger partial charge is 0.119 e. The Morgan fingerprint density at radius 3 is 2.44 bits per heavy atom. The van der Waals surface area contributed by atoms with Crippen LogP contribution in [0.1, 0.15) is 31.7 Å². The molecule has 0 fully saturated rings. The normalized spacial score (nSPS) is 14.4. The quantitative estimate of drug-likeness (QED) is 0.707. The molecule has 2 unspecified atom stereocenters. The number of fused-ring (bicyclic) bond motifs is 1. The van der Waals surface area contributed by atoms with Crippen LogP contribution in [-0.2, 0) is 0 Å². The Kier molecular flexibility index (Phi) is 4.13. The standard InChI is InChI=1S/C16H19ClO/c1-4-16(17)11(2)12-5-6-14-10-15(18-3)8-7-13(14)9-12/h5-11,16H,4H2,1-3H3. The molecule has 0 spiro atoms. The van der Waals surface area contributed by atoms with Crippen molar-refractivity contribution in [2.75, 3.05) is 7.11 Å². The summed E-state index contributed by atoms with van der Waals surface area (Å²) in [5.74, 6) is 1.27. The molecule has 2 heteroatoms. The third-order valence-electron chi connectivity index (χ3n) is 3.53. The van der Waals surface area contributed by atoms with Gasteiger partial charge in [-0.2, -0.15) is 0 Å². The average Bonchev–Trinajstić information content (AvgIpc) is 2.44. The minimum atomic E-state index is 0.195. The van der Waals surface area contributed by atoms with Crippen molar-refractivity contribution in [1.29, 1.82) is 0 Å². The van der Waals surface area contributed by atoms with E-state index in [-0.39, 0.29) is 5.38 Å². The highest BCUT2D eigenvalue weighted by Gasteiger charge is 2.14. The molecule has 0 aliphatic rings. The van der Waals surface area contributed by atoms with E-state index in [1.807, 2.05) is 6.07 Å². The molecule has 0 N–H and O–H groups in total. The van der Waals surface area contributed by atoms with Gasteiger partial charge in [0.2, 0.25) is 0 Å². The number of hydrogen-bond acceptors (Lipinski definition) is 1. The van der Waals surface area contributed by atoms with Crippen molar-refractivity contribution in [3.05, 3.63) is 42.0 Å². The van der Waals surface area contributed by atoms with Gasteiger partial charge < -0.3 is 4.74 Å². The molecular weight excluding hydrogens is 244 g/mol. The number of methoxy groups -OCH3 is 1. The van der Waals surface area contributed by atoms with Crippen LogP contribution < -0.4 is 4.74 Å². The second kappa shape index (κ2) is 5.62. The van der Waals surface area contributed by atoms with Crippen LogP contribution in [0.25, 0.3) is 10.8 Å². The summed E-state index contributed by atoms with van der Waals surface area (Å²) in [5, 5.41) is 2.63. The van der Waals surface area contributed by atoms with E-state index in [9.17, 15) is 0 Å². The molecule has 0 bridgehead atoms. The zero-order valence-corrected chi connectivity index (χ0v) is 11.9. The van der Waals surface area contributed by atoms with E-state index >= 15 is 0 Å². The predicted molar refractivity (Wildman–Crippen MR) is 78.8 cm³/mol. The van der Waals surface area contributed by atoms with Crippen molar-refractivity contribution in [3.8, 4) is 5.75 Å². The Hall–Kier alpha value is -1.21. The maximum atomic E-state index is 6.33. The lowest BCUT2D eigenvalue weighted by molar-refractivity contribution is 0.415. The monoisotopic (exact) mass is 262 g/mol. The van der Waals surface area contributed by atoms with Crippen LogP contribution in [-0.4, -0.2) is 12.5 Å². The molecule has 0 saturated carbocycles. The van der Waals surface area contributed by atoms with Gasteiger partial charge in [0.1, 0.15) is 5.75 Å². The molecule has 2 aromatic carbocycles. The van der Waals surface area contributed by atoms with Gasteiger partial charge in [0.15, 0.2) is 0 Å². The van der Waals surface area contributed by atoms with Crippen LogP contribution in [0, 0.1) is 0 Å². The maximum absolute atomic E-state index is 6.33. The maximum Gasteiger partial charge on any atom is 0.119 e. The van der Waals surface area contributed by atoms with Crippen molar-refractivity contribution in [2.24, 2.45) is 0 Å². The molecule has 2 aromatic rings. The molecule has 0 saturated heterocycles. The summed E-state index contributed by atoms with van der Waals surface area (Å²) in [6, 6.07) is 12.7. The van der Waals surface area contributed by atoms with Crippen LogP contribution in [0.4, 0.5) is 0 Å². The van der Waals surface area contributed by atoms with Crippen LogP contribution in [0.5, 0.6) is 5.75 Å². The lowest BCUT2D eigenvalue weighted by Crippen LogP contribution is -2.08. The highest BCUT2D eigenvalue weighted by Crippen LogP contribution is 2.29. The molecule has 0 aliphatic carbocycles. The van der Waals surface area contributed by atoms with Gasteiger partial charge in [0.25, 0.3) is 0 Å². The summed E-state index contributed by atoms with van der Waals surface area (Å²) >= 11 is 6.33. The fourth-order valence-electron chi connectivity index (χ4n) is 2.21. The van der Waals surface area contributed by atoms with Gasteiger partial charge in [0.05, 0.1) is 7.11 Å². The molecule has 96 valence electrons. The number of rotatable bonds is 4. The second-order valence-electron chi connectivity index (χ2n) is 4.69. The Morgan fingerprint density at radius 2 is 1.78 bits per heavy atom. The summed E-state index contributed by atoms with van der Waals surface area (Å²) in [6.45, 7) is 4.31. The zero-order chi connectivity index (χ0) is 13.1. The van der Waals surface area contributed by atoms with Gasteiger partial charge in [-0.05, 0) is 40.8 Å². The van der Waals surface area contributed by atoms with Crippen molar-refractivity contribution >= 4 is 22.4 Å². The van der Waals surface area contributed by atoms with Gasteiger partial charge in [0, 0.05) is 5.38 Å². The molecule has 0 heterocycles. The number of halogens is 1. The van der Waals surface area contributed by atoms with Crippen molar-refractivity contribution < 1.29 is 4.74 Å². The van der Waals surface area contributed by atoms with E-state index in [2.05, 4.69) is 44.2 Å². The fourth-order valence-corrected chi connectivity index (χ4v) is 2.36. The highest BCUT2D eigenvalue weighted by atomic mass is 35.5. The second-order valence-corrected chi connectivity index (χ2v) is 5.25. The van der Waals surface area contributed by atoms with Gasteiger partial charge in [-0.25, -0.2) is 0 Å². The molecule has 0 amide bonds. The first-order valence-corrected chi connectivity index (χ1v) is 6.81. The molecule has 2 rings (SSSR count). The molecule has 18 heavy (non-hydrogen) atoms. The third-order valence-corrected chi connectivity index (χ3v) is 4.22. The summed E-state index contributed by atoms with van der Waals surface area (Å²) in [7, 11) is 1.69. The number of benzene rings is 2. The molecule has 0 aromatic heterocycles. The SMILES string of the molecule is CCC(Cl)C(C)c1ccc2cc(OC)ccc2c1. The molecule has 0 radical (unpaired) electrons. The summed E-state index contributed by atoms with van der Waals surface area (Å²) in [5.41, 5.74) is 1.30. The first-order valence-electron chi connectivity index (χ1n) is 6.37. The predicted octanol–water partition coefficient (Wildman–Crippen LogP) is 4.97. The van der Waals surface area contributed by atoms with Crippen LogP contribution in [0.2, 0.25) is 0 Å². The van der Waals surface area contributed by atoms with Gasteiger partial charge in [-0.3, -0.25) is 0 Å². The van der Waals surface area contributed by atoms with E-state index in [1.165, 1.54) is 16.3 Å². The Balaban J connectivity index is 2.38. The fraction of sp³-hybridized carbons (Fsp3) is 0.375. The first kappa shape index (κ1) is 13.2. The minimum absolute atomic E-state index is 0.195. The molecule has 2 atom stereocenters. The topological polar surface area (TPSA) is 9.23 Å². The Labute approximate surface area is 114 Å². The number of ether oxygens (including phenoxy) is 1. The number of hydrogen-bond donors (Lipinski definition) is 0. The van der Waals surface area contributed by atoms with E-state index in [1.54, 1.807) is 7.11 Å². The van der Waals surface area contributed by atoms with Crippen molar-refractivity contribution in [1.82, 2.24) is 0 Å². The lowest BCUT2D eigenvalue weighted by Gasteiger charge is -2.17. The minimum Gasteiger partial charge on any atom is -0.497 e. The lowest BCUT2D eigenvalue weighted by atomic mass is 9.94. The summed E-state index contributed by atoms with van der Waals surface area (Å²) < 4.78 is 5.23. The van der Waals surface area contributed by atoms with E-state index in [0.717, 1.165) is 12.2 Å². The highest BCUT2D eigenvalue weighted by molar-refractivity contribution is 6.21. The average molecular weight is 263 g/mol. The van der Waals surface area contributed by atoms with E-state index in [4.69, 9.17) is 16.3 Å². The molecule has 0 aliphatic heterocycles. The van der Waals surface area contributed by atoms with E-state index < -0.39 is 0 Å². The summed E-state index contributed by atoms with van der Waals surface area (Å²) in [4.78, 5) is 0. The largest absolute Gasteiger partial charge is 0.497 e. The van der Waals surface area contributed by atoms with Crippen LogP contribution in [0.15, 0.2) is 36.4 Å². The zero-order valence-electron chi connectivity index (χ0n) is 11.1. The molecule has 1 nitrogen and oxygen atoms in total. The number of alkyl halides is 1. The van der Waals surface area contributed by atoms with Crippen molar-refractivity contribution in [3.63, 3.8) is 0 Å². The van der Waals surface area contributed by atoms with Crippen molar-refractivity contribution in [2.45, 2.75) is 31.6 Å². The Morgan fingerprint density at radius 1 is 1.11 bits per heavy atom. The Bertz CT molecular complexity index is 536. The van der Waals surface area contributed by atoms with E-state index in [0.29, 0.717) is 5.92 Å². The van der Waals surface area contributed by atoms with Crippen LogP contribution in [0.3, 0.4) is 0 Å². The third kappa shape index (κ3) is 2.62.